The van der Waals surface area contributed by atoms with E-state index in [0.29, 0.717) is 10.9 Å². The van der Waals surface area contributed by atoms with E-state index >= 15 is 0 Å². The molecule has 1 aromatic heterocycles. The summed E-state index contributed by atoms with van der Waals surface area (Å²) in [5.74, 6) is -3.89. The number of hydrogen-bond acceptors (Lipinski definition) is 8. The molecule has 1 aromatic carbocycles. The molecule has 0 aliphatic heterocycles. The molecule has 10 nitrogen and oxygen atoms in total. The first-order valence-electron chi connectivity index (χ1n) is 7.41. The molecule has 0 spiro atoms. The second-order valence-electron chi connectivity index (χ2n) is 5.41. The SMILES string of the molecule is Cc1c(CC(=O)NCC(=O)NCC(=O)[O-])c(=O)oc2c(O)c(O)ccc12. The van der Waals surface area contributed by atoms with Crippen LogP contribution in [0.2, 0.25) is 0 Å². The number of fused-ring (bicyclic) bond motifs is 1. The lowest BCUT2D eigenvalue weighted by Gasteiger charge is -2.10. The molecule has 0 bridgehead atoms. The Morgan fingerprint density at radius 2 is 1.77 bits per heavy atom. The van der Waals surface area contributed by atoms with Gasteiger partial charge in [0.1, 0.15) is 0 Å². The van der Waals surface area contributed by atoms with E-state index in [1.165, 1.54) is 12.1 Å². The Hall–Kier alpha value is -3.56. The number of phenols is 2. The summed E-state index contributed by atoms with van der Waals surface area (Å²) < 4.78 is 4.98. The van der Waals surface area contributed by atoms with E-state index in [0.717, 1.165) is 0 Å². The molecule has 10 heteroatoms. The van der Waals surface area contributed by atoms with Gasteiger partial charge >= 0.3 is 5.63 Å². The van der Waals surface area contributed by atoms with E-state index in [-0.39, 0.29) is 17.6 Å². The number of benzene rings is 1. The molecule has 138 valence electrons. The zero-order valence-corrected chi connectivity index (χ0v) is 13.6. The van der Waals surface area contributed by atoms with Crippen molar-refractivity contribution in [2.45, 2.75) is 13.3 Å². The molecule has 0 radical (unpaired) electrons. The van der Waals surface area contributed by atoms with Crippen LogP contribution in [0.5, 0.6) is 11.5 Å². The number of aliphatic carboxylic acids is 1. The second kappa shape index (κ2) is 7.55. The molecule has 2 amide bonds. The Balaban J connectivity index is 2.14. The van der Waals surface area contributed by atoms with Crippen LogP contribution in [0.3, 0.4) is 0 Å². The molecule has 0 atom stereocenters. The van der Waals surface area contributed by atoms with E-state index in [2.05, 4.69) is 5.32 Å². The lowest BCUT2D eigenvalue weighted by Crippen LogP contribution is -2.43. The summed E-state index contributed by atoms with van der Waals surface area (Å²) >= 11 is 0. The minimum absolute atomic E-state index is 0.0234. The van der Waals surface area contributed by atoms with Crippen molar-refractivity contribution in [1.82, 2.24) is 10.6 Å². The average Bonchev–Trinajstić information content (AvgIpc) is 2.58. The number of carboxylic acid groups (broad SMARTS) is 1. The average molecular weight is 363 g/mol. The second-order valence-corrected chi connectivity index (χ2v) is 5.41. The van der Waals surface area contributed by atoms with Crippen LogP contribution in [0.4, 0.5) is 0 Å². The number of hydrogen-bond donors (Lipinski definition) is 4. The zero-order valence-electron chi connectivity index (χ0n) is 13.6. The molecule has 0 saturated carbocycles. The molecule has 0 aliphatic rings. The maximum absolute atomic E-state index is 12.1. The van der Waals surface area contributed by atoms with Crippen molar-refractivity contribution in [3.63, 3.8) is 0 Å². The molecule has 26 heavy (non-hydrogen) atoms. The summed E-state index contributed by atoms with van der Waals surface area (Å²) in [6.07, 6.45) is -0.389. The fourth-order valence-corrected chi connectivity index (χ4v) is 2.27. The zero-order chi connectivity index (χ0) is 19.4. The smallest absolute Gasteiger partial charge is 0.340 e. The third-order valence-electron chi connectivity index (χ3n) is 3.62. The Kier molecular flexibility index (Phi) is 5.45. The van der Waals surface area contributed by atoms with Gasteiger partial charge in [-0.25, -0.2) is 4.79 Å². The highest BCUT2D eigenvalue weighted by Crippen LogP contribution is 2.34. The van der Waals surface area contributed by atoms with Gasteiger partial charge in [0.05, 0.1) is 31.0 Å². The van der Waals surface area contributed by atoms with Crippen molar-refractivity contribution in [3.05, 3.63) is 33.7 Å². The largest absolute Gasteiger partial charge is 0.548 e. The number of aromatic hydroxyl groups is 2. The highest BCUT2D eigenvalue weighted by Gasteiger charge is 2.18. The van der Waals surface area contributed by atoms with Gasteiger partial charge in [-0.2, -0.15) is 0 Å². The first-order chi connectivity index (χ1) is 12.2. The summed E-state index contributed by atoms with van der Waals surface area (Å²) in [6.45, 7) is 0.391. The number of rotatable bonds is 6. The molecule has 0 fully saturated rings. The van der Waals surface area contributed by atoms with Crippen LogP contribution in [-0.2, 0) is 20.8 Å². The Bertz CT molecular complexity index is 947. The Labute approximate surface area is 146 Å². The molecule has 2 rings (SSSR count). The summed E-state index contributed by atoms with van der Waals surface area (Å²) in [5.41, 5.74) is -0.663. The fourth-order valence-electron chi connectivity index (χ4n) is 2.27. The van der Waals surface area contributed by atoms with E-state index in [1.54, 1.807) is 6.92 Å². The number of aryl methyl sites for hydroxylation is 1. The van der Waals surface area contributed by atoms with Crippen molar-refractivity contribution in [3.8, 4) is 11.5 Å². The number of amides is 2. The summed E-state index contributed by atoms with van der Waals surface area (Å²) in [6, 6.07) is 2.65. The van der Waals surface area contributed by atoms with Crippen LogP contribution in [0.15, 0.2) is 21.3 Å². The van der Waals surface area contributed by atoms with E-state index in [4.69, 9.17) is 4.42 Å². The standard InChI is InChI=1S/C16H16N2O8/c1-7-8-2-3-10(19)14(24)15(8)26-16(25)9(7)4-11(20)17-5-12(21)18-6-13(22)23/h2-3,19,24H,4-6H2,1H3,(H,17,20)(H,18,21)(H,22,23)/p-1. The third kappa shape index (κ3) is 4.09. The normalized spacial score (nSPS) is 10.5. The first kappa shape index (κ1) is 18.8. The number of phenolic OH excluding ortho intramolecular Hbond substituents is 2. The lowest BCUT2D eigenvalue weighted by atomic mass is 10.0. The van der Waals surface area contributed by atoms with Crippen molar-refractivity contribution in [2.75, 3.05) is 13.1 Å². The predicted molar refractivity (Wildman–Crippen MR) is 85.3 cm³/mol. The topological polar surface area (TPSA) is 169 Å². The fraction of sp³-hybridized carbons (Fsp3) is 0.250. The highest BCUT2D eigenvalue weighted by molar-refractivity contribution is 5.90. The number of carbonyl (C=O) groups excluding carboxylic acids is 3. The summed E-state index contributed by atoms with van der Waals surface area (Å²) in [5, 5.41) is 34.0. The molecule has 0 unspecified atom stereocenters. The number of carboxylic acids is 1. The molecule has 1 heterocycles. The van der Waals surface area contributed by atoms with E-state index in [1.807, 2.05) is 5.32 Å². The number of carbonyl (C=O) groups is 3. The predicted octanol–water partition coefficient (Wildman–Crippen LogP) is -1.96. The van der Waals surface area contributed by atoms with Crippen LogP contribution in [0.1, 0.15) is 11.1 Å². The highest BCUT2D eigenvalue weighted by atomic mass is 16.4. The quantitative estimate of drug-likeness (QED) is 0.338. The van der Waals surface area contributed by atoms with Crippen LogP contribution < -0.4 is 21.4 Å². The van der Waals surface area contributed by atoms with Crippen molar-refractivity contribution in [2.24, 2.45) is 0 Å². The third-order valence-corrected chi connectivity index (χ3v) is 3.62. The minimum Gasteiger partial charge on any atom is -0.548 e. The number of nitrogens with one attached hydrogen (secondary N) is 2. The first-order valence-corrected chi connectivity index (χ1v) is 7.41. The van der Waals surface area contributed by atoms with Crippen LogP contribution >= 0.6 is 0 Å². The van der Waals surface area contributed by atoms with Gasteiger partial charge in [-0.1, -0.05) is 0 Å². The molecular weight excluding hydrogens is 348 g/mol. The summed E-state index contributed by atoms with van der Waals surface area (Å²) in [7, 11) is 0. The minimum atomic E-state index is -1.47. The van der Waals surface area contributed by atoms with E-state index < -0.39 is 48.0 Å². The molecule has 0 saturated heterocycles. The summed E-state index contributed by atoms with van der Waals surface area (Å²) in [4.78, 5) is 45.6. The molecule has 2 aromatic rings. The molecule has 4 N–H and O–H groups in total. The molecule has 0 aliphatic carbocycles. The van der Waals surface area contributed by atoms with Crippen molar-refractivity contribution in [1.29, 1.82) is 0 Å². The van der Waals surface area contributed by atoms with Crippen LogP contribution in [-0.4, -0.2) is 41.1 Å². The van der Waals surface area contributed by atoms with Gasteiger partial charge in [0.2, 0.25) is 17.6 Å². The molecular formula is C16H15N2O8-. The van der Waals surface area contributed by atoms with Crippen LogP contribution in [0.25, 0.3) is 11.0 Å². The van der Waals surface area contributed by atoms with Gasteiger partial charge in [-0.3, -0.25) is 9.59 Å². The monoisotopic (exact) mass is 363 g/mol. The van der Waals surface area contributed by atoms with Gasteiger partial charge in [-0.15, -0.1) is 0 Å². The van der Waals surface area contributed by atoms with Gasteiger partial charge in [0.25, 0.3) is 0 Å². The van der Waals surface area contributed by atoms with E-state index in [9.17, 15) is 34.5 Å². The van der Waals surface area contributed by atoms with Crippen molar-refractivity contribution >= 4 is 28.8 Å². The van der Waals surface area contributed by atoms with Gasteiger partial charge < -0.3 is 35.2 Å². The van der Waals surface area contributed by atoms with Gasteiger partial charge in [-0.05, 0) is 24.6 Å². The van der Waals surface area contributed by atoms with Gasteiger partial charge in [0, 0.05) is 5.39 Å². The van der Waals surface area contributed by atoms with Crippen LogP contribution in [0, 0.1) is 6.92 Å². The maximum Gasteiger partial charge on any atom is 0.340 e. The van der Waals surface area contributed by atoms with Gasteiger partial charge in [0.15, 0.2) is 11.3 Å². The van der Waals surface area contributed by atoms with Crippen molar-refractivity contribution < 1.29 is 34.1 Å². The Morgan fingerprint density at radius 3 is 2.42 bits per heavy atom. The lowest BCUT2D eigenvalue weighted by molar-refractivity contribution is -0.304. The Morgan fingerprint density at radius 1 is 1.12 bits per heavy atom. The maximum atomic E-state index is 12.1.